The lowest BCUT2D eigenvalue weighted by atomic mass is 10.1. The summed E-state index contributed by atoms with van der Waals surface area (Å²) in [5.74, 6) is -1.51. The fourth-order valence-electron chi connectivity index (χ4n) is 3.68. The van der Waals surface area contributed by atoms with Crippen molar-refractivity contribution in [3.05, 3.63) is 54.1 Å². The molecule has 2 aliphatic rings. The average Bonchev–Trinajstić information content (AvgIpc) is 3.58. The fraction of sp³-hybridized carbons (Fsp3) is 0.391. The molecule has 0 bridgehead atoms. The van der Waals surface area contributed by atoms with E-state index in [4.69, 9.17) is 0 Å². The first-order chi connectivity index (χ1) is 15.4. The van der Waals surface area contributed by atoms with E-state index in [9.17, 15) is 18.0 Å². The number of hydrogen-bond acceptors (Lipinski definition) is 5. The number of carbonyl (C=O) groups is 2. The van der Waals surface area contributed by atoms with Crippen LogP contribution in [0.3, 0.4) is 0 Å². The van der Waals surface area contributed by atoms with Gasteiger partial charge in [0.05, 0.1) is 0 Å². The monoisotopic (exact) mass is 456 g/mol. The molecule has 2 fully saturated rings. The lowest BCUT2D eigenvalue weighted by Gasteiger charge is -2.28. The van der Waals surface area contributed by atoms with Crippen LogP contribution in [-0.4, -0.2) is 45.1 Å². The first-order valence-corrected chi connectivity index (χ1v) is 12.6. The minimum atomic E-state index is -3.86. The van der Waals surface area contributed by atoms with Crippen molar-refractivity contribution in [3.63, 3.8) is 0 Å². The van der Waals surface area contributed by atoms with Crippen molar-refractivity contribution in [1.29, 1.82) is 0 Å². The van der Waals surface area contributed by atoms with Crippen LogP contribution in [-0.2, 0) is 14.8 Å². The fourth-order valence-corrected chi connectivity index (χ4v) is 4.66. The largest absolute Gasteiger partial charge is 0.372 e. The predicted octanol–water partition coefficient (Wildman–Crippen LogP) is 2.95. The summed E-state index contributed by atoms with van der Waals surface area (Å²) in [7, 11) is -3.86. The molecule has 2 aromatic rings. The van der Waals surface area contributed by atoms with Crippen molar-refractivity contribution in [3.8, 4) is 0 Å². The number of carbonyl (C=O) groups excluding carboxylic acids is 2. The Morgan fingerprint density at radius 3 is 2.12 bits per heavy atom. The van der Waals surface area contributed by atoms with Gasteiger partial charge in [-0.2, -0.15) is 0 Å². The molecular formula is C23H28N4O4S. The standard InChI is InChI=1S/C23H28N4O4S/c28-22(24-18-6-4-17(5-7-18)23(29)25-19-8-9-19)16-32(30,31)26-20-10-12-21(13-11-20)27-14-2-1-3-15-27/h4-7,10-13,19,26H,1-3,8-9,14-16H2,(H,24,28)(H,25,29). The molecule has 1 saturated carbocycles. The number of piperidine rings is 1. The first-order valence-electron chi connectivity index (χ1n) is 10.9. The predicted molar refractivity (Wildman–Crippen MR) is 125 cm³/mol. The molecule has 1 heterocycles. The maximum absolute atomic E-state index is 12.4. The molecule has 0 spiro atoms. The van der Waals surface area contributed by atoms with Crippen LogP contribution in [0.25, 0.3) is 0 Å². The van der Waals surface area contributed by atoms with Crippen molar-refractivity contribution >= 4 is 38.9 Å². The molecule has 1 aliphatic carbocycles. The summed E-state index contributed by atoms with van der Waals surface area (Å²) in [6.07, 6.45) is 5.59. The number of nitrogens with one attached hydrogen (secondary N) is 3. The molecule has 1 aliphatic heterocycles. The first kappa shape index (κ1) is 22.1. The normalized spacial score (nSPS) is 16.3. The van der Waals surface area contributed by atoms with E-state index in [2.05, 4.69) is 20.3 Å². The Morgan fingerprint density at radius 2 is 1.50 bits per heavy atom. The Bertz CT molecular complexity index is 1060. The Hall–Kier alpha value is -3.07. The SMILES string of the molecule is O=C(CS(=O)(=O)Nc1ccc(N2CCCCC2)cc1)Nc1ccc(C(=O)NC2CC2)cc1. The highest BCUT2D eigenvalue weighted by Crippen LogP contribution is 2.22. The third kappa shape index (κ3) is 6.23. The molecule has 170 valence electrons. The van der Waals surface area contributed by atoms with E-state index >= 15 is 0 Å². The third-order valence-electron chi connectivity index (χ3n) is 5.53. The van der Waals surface area contributed by atoms with Gasteiger partial charge < -0.3 is 15.5 Å². The highest BCUT2D eigenvalue weighted by molar-refractivity contribution is 7.93. The second-order valence-electron chi connectivity index (χ2n) is 8.33. The second kappa shape index (κ2) is 9.60. The Labute approximate surface area is 188 Å². The lowest BCUT2D eigenvalue weighted by molar-refractivity contribution is -0.113. The molecule has 2 aromatic carbocycles. The summed E-state index contributed by atoms with van der Waals surface area (Å²) in [5, 5.41) is 5.45. The molecule has 0 radical (unpaired) electrons. The number of sulfonamides is 1. The van der Waals surface area contributed by atoms with Gasteiger partial charge in [0.2, 0.25) is 15.9 Å². The second-order valence-corrected chi connectivity index (χ2v) is 10.1. The van der Waals surface area contributed by atoms with Gasteiger partial charge in [-0.05, 0) is 80.6 Å². The summed E-state index contributed by atoms with van der Waals surface area (Å²) in [4.78, 5) is 26.5. The zero-order valence-electron chi connectivity index (χ0n) is 17.8. The van der Waals surface area contributed by atoms with Crippen LogP contribution < -0.4 is 20.3 Å². The molecule has 4 rings (SSSR count). The van der Waals surface area contributed by atoms with Crippen LogP contribution >= 0.6 is 0 Å². The topological polar surface area (TPSA) is 108 Å². The summed E-state index contributed by atoms with van der Waals surface area (Å²) in [6.45, 7) is 2.02. The van der Waals surface area contributed by atoms with Gasteiger partial charge in [0.25, 0.3) is 5.91 Å². The highest BCUT2D eigenvalue weighted by atomic mass is 32.2. The molecule has 0 atom stereocenters. The number of rotatable bonds is 8. The number of hydrogen-bond donors (Lipinski definition) is 3. The molecule has 9 heteroatoms. The molecule has 32 heavy (non-hydrogen) atoms. The summed E-state index contributed by atoms with van der Waals surface area (Å²) < 4.78 is 27.3. The van der Waals surface area contributed by atoms with E-state index in [0.717, 1.165) is 31.6 Å². The number of amides is 2. The quantitative estimate of drug-likeness (QED) is 0.566. The van der Waals surface area contributed by atoms with Crippen LogP contribution in [0.15, 0.2) is 48.5 Å². The molecule has 0 aromatic heterocycles. The van der Waals surface area contributed by atoms with Crippen molar-refractivity contribution < 1.29 is 18.0 Å². The molecule has 8 nitrogen and oxygen atoms in total. The van der Waals surface area contributed by atoms with E-state index < -0.39 is 21.7 Å². The maximum Gasteiger partial charge on any atom is 0.251 e. The minimum Gasteiger partial charge on any atom is -0.372 e. The zero-order valence-corrected chi connectivity index (χ0v) is 18.7. The third-order valence-corrected chi connectivity index (χ3v) is 6.72. The van der Waals surface area contributed by atoms with E-state index in [1.807, 2.05) is 12.1 Å². The Morgan fingerprint density at radius 1 is 0.875 bits per heavy atom. The van der Waals surface area contributed by atoms with Gasteiger partial charge in [0, 0.05) is 41.8 Å². The van der Waals surface area contributed by atoms with Gasteiger partial charge in [-0.15, -0.1) is 0 Å². The van der Waals surface area contributed by atoms with Gasteiger partial charge in [0.1, 0.15) is 5.75 Å². The van der Waals surface area contributed by atoms with E-state index in [-0.39, 0.29) is 11.9 Å². The van der Waals surface area contributed by atoms with E-state index in [0.29, 0.717) is 16.9 Å². The van der Waals surface area contributed by atoms with E-state index in [1.165, 1.54) is 19.3 Å². The van der Waals surface area contributed by atoms with Crippen LogP contribution in [0.2, 0.25) is 0 Å². The average molecular weight is 457 g/mol. The number of benzene rings is 2. The molecular weight excluding hydrogens is 428 g/mol. The van der Waals surface area contributed by atoms with Crippen LogP contribution in [0.5, 0.6) is 0 Å². The summed E-state index contributed by atoms with van der Waals surface area (Å²) in [5.41, 5.74) is 2.42. The number of nitrogens with zero attached hydrogens (tertiary/aromatic N) is 1. The van der Waals surface area contributed by atoms with E-state index in [1.54, 1.807) is 36.4 Å². The lowest BCUT2D eigenvalue weighted by Crippen LogP contribution is -2.29. The van der Waals surface area contributed by atoms with Crippen LogP contribution in [0.4, 0.5) is 17.1 Å². The molecule has 3 N–H and O–H groups in total. The van der Waals surface area contributed by atoms with Gasteiger partial charge in [0.15, 0.2) is 0 Å². The van der Waals surface area contributed by atoms with Gasteiger partial charge in [-0.3, -0.25) is 14.3 Å². The smallest absolute Gasteiger partial charge is 0.251 e. The van der Waals surface area contributed by atoms with Crippen molar-refractivity contribution in [2.45, 2.75) is 38.1 Å². The van der Waals surface area contributed by atoms with Crippen molar-refractivity contribution in [1.82, 2.24) is 5.32 Å². The van der Waals surface area contributed by atoms with Crippen molar-refractivity contribution in [2.24, 2.45) is 0 Å². The molecule has 2 amide bonds. The summed E-state index contributed by atoms with van der Waals surface area (Å²) in [6, 6.07) is 13.8. The number of anilines is 3. The van der Waals surface area contributed by atoms with Crippen LogP contribution in [0.1, 0.15) is 42.5 Å². The zero-order chi connectivity index (χ0) is 22.6. The maximum atomic E-state index is 12.4. The Balaban J connectivity index is 1.28. The minimum absolute atomic E-state index is 0.150. The van der Waals surface area contributed by atoms with Crippen LogP contribution in [0, 0.1) is 0 Å². The van der Waals surface area contributed by atoms with Gasteiger partial charge in [-0.1, -0.05) is 0 Å². The van der Waals surface area contributed by atoms with Crippen molar-refractivity contribution in [2.75, 3.05) is 33.8 Å². The molecule has 0 unspecified atom stereocenters. The van der Waals surface area contributed by atoms with Gasteiger partial charge >= 0.3 is 0 Å². The summed E-state index contributed by atoms with van der Waals surface area (Å²) >= 11 is 0. The Kier molecular flexibility index (Phi) is 6.64. The molecule has 1 saturated heterocycles. The van der Waals surface area contributed by atoms with Gasteiger partial charge in [-0.25, -0.2) is 8.42 Å². The highest BCUT2D eigenvalue weighted by Gasteiger charge is 2.24.